The quantitative estimate of drug-likeness (QED) is 0.308. The van der Waals surface area contributed by atoms with Gasteiger partial charge < -0.3 is 4.74 Å². The van der Waals surface area contributed by atoms with E-state index in [4.69, 9.17) is 6.11 Å². The van der Waals surface area contributed by atoms with Crippen molar-refractivity contribution < 1.29 is 10.7 Å². The van der Waals surface area contributed by atoms with E-state index in [1.165, 1.54) is 22.1 Å². The van der Waals surface area contributed by atoms with Crippen LogP contribution in [0.1, 0.15) is 33.3 Å². The molecule has 3 aromatic carbocycles. The molecule has 0 N–H and O–H groups in total. The van der Waals surface area contributed by atoms with Crippen molar-refractivity contribution in [3.63, 3.8) is 0 Å². The van der Waals surface area contributed by atoms with Crippen LogP contribution in [0.2, 0.25) is 0 Å². The van der Waals surface area contributed by atoms with Gasteiger partial charge in [0.15, 0.2) is 5.75 Å². The predicted molar refractivity (Wildman–Crippen MR) is 116 cm³/mol. The minimum Gasteiger partial charge on any atom is -0.450 e. The number of hydrogen-bond donors (Lipinski definition) is 0. The number of nitrogens with zero attached hydrogens (tertiary/aromatic N) is 1. The lowest BCUT2D eigenvalue weighted by molar-refractivity contribution is -0.633. The Balaban J connectivity index is 1.93. The van der Waals surface area contributed by atoms with Gasteiger partial charge in [0.05, 0.1) is 12.3 Å². The van der Waals surface area contributed by atoms with Crippen molar-refractivity contribution in [3.05, 3.63) is 65.7 Å². The molecule has 1 aliphatic rings. The van der Waals surface area contributed by atoms with E-state index in [9.17, 15) is 0 Å². The lowest BCUT2D eigenvalue weighted by atomic mass is 9.86. The average Bonchev–Trinajstić information content (AvgIpc) is 2.67. The average molecular weight is 370 g/mol. The third-order valence-electron chi connectivity index (χ3n) is 5.66. The smallest absolute Gasteiger partial charge is 0.256 e. The monoisotopic (exact) mass is 369 g/mol. The highest BCUT2D eigenvalue weighted by molar-refractivity contribution is 6.04. The molecule has 0 atom stereocenters. The van der Waals surface area contributed by atoms with E-state index in [2.05, 4.69) is 75.7 Å². The molecule has 5 rings (SSSR count). The maximum atomic E-state index is 9.13. The zero-order valence-electron chi connectivity index (χ0n) is 18.2. The second kappa shape index (κ2) is 5.81. The lowest BCUT2D eigenvalue weighted by Gasteiger charge is -2.23. The Kier molecular flexibility index (Phi) is 3.35. The molecule has 0 radical (unpaired) electrons. The first-order chi connectivity index (χ1) is 13.8. The minimum absolute atomic E-state index is 0.144. The van der Waals surface area contributed by atoms with Gasteiger partial charge in [-0.15, -0.1) is 0 Å². The molecule has 2 nitrogen and oxygen atoms in total. The molecule has 0 spiro atoms. The zero-order chi connectivity index (χ0) is 20.5. The highest BCUT2D eigenvalue weighted by Gasteiger charge is 2.31. The molecule has 28 heavy (non-hydrogen) atoms. The van der Waals surface area contributed by atoms with Gasteiger partial charge >= 0.3 is 0 Å². The Bertz CT molecular complexity index is 1310. The number of aryl methyl sites for hydroxylation is 2. The summed E-state index contributed by atoms with van der Waals surface area (Å²) in [5.74, 6) is 1.51. The molecule has 0 unspecified atom stereocenters. The highest BCUT2D eigenvalue weighted by atomic mass is 16.5. The molecule has 0 fully saturated rings. The summed E-state index contributed by atoms with van der Waals surface area (Å²) in [5, 5.41) is 3.30. The maximum Gasteiger partial charge on any atom is 0.256 e. The Labute approximate surface area is 167 Å². The Morgan fingerprint density at radius 3 is 2.57 bits per heavy atom. The maximum absolute atomic E-state index is 9.13. The molecule has 2 heterocycles. The molecule has 0 bridgehead atoms. The van der Waals surface area contributed by atoms with Crippen molar-refractivity contribution >= 4 is 21.7 Å². The van der Waals surface area contributed by atoms with Gasteiger partial charge in [-0.1, -0.05) is 57.2 Å². The van der Waals surface area contributed by atoms with Crippen LogP contribution in [-0.2, 0) is 13.5 Å². The first kappa shape index (κ1) is 16.1. The van der Waals surface area contributed by atoms with E-state index in [-0.39, 0.29) is 5.41 Å². The van der Waals surface area contributed by atoms with Crippen molar-refractivity contribution in [3.8, 4) is 22.8 Å². The van der Waals surface area contributed by atoms with E-state index in [1.54, 1.807) is 0 Å². The van der Waals surface area contributed by atoms with Crippen LogP contribution in [0.4, 0.5) is 0 Å². The van der Waals surface area contributed by atoms with Crippen molar-refractivity contribution in [1.29, 1.82) is 0 Å². The highest BCUT2D eigenvalue weighted by Crippen LogP contribution is 2.47. The Morgan fingerprint density at radius 1 is 1.00 bits per heavy atom. The Morgan fingerprint density at radius 2 is 1.79 bits per heavy atom. The van der Waals surface area contributed by atoms with Crippen LogP contribution < -0.4 is 9.30 Å². The summed E-state index contributed by atoms with van der Waals surface area (Å²) < 4.78 is 17.7. The van der Waals surface area contributed by atoms with Gasteiger partial charge in [0.1, 0.15) is 12.8 Å². The largest absolute Gasteiger partial charge is 0.450 e. The SMILES string of the molecule is [2H]c1c2c([n+](C)c3cccc(CC(C)(C)C)c13)-c1c(C)ccc3cccc(c13)O2. The number of rotatable bonds is 1. The molecular formula is C26H26NO+. The number of hydrogen-bond acceptors (Lipinski definition) is 1. The molecular weight excluding hydrogens is 342 g/mol. The van der Waals surface area contributed by atoms with Crippen LogP contribution >= 0.6 is 0 Å². The summed E-state index contributed by atoms with van der Waals surface area (Å²) in [5.41, 5.74) is 5.81. The second-order valence-corrected chi connectivity index (χ2v) is 9.12. The number of aromatic nitrogens is 1. The zero-order valence-corrected chi connectivity index (χ0v) is 17.2. The summed E-state index contributed by atoms with van der Waals surface area (Å²) in [6, 6.07) is 17.4. The first-order valence-corrected chi connectivity index (χ1v) is 9.91. The van der Waals surface area contributed by atoms with E-state index in [1.807, 2.05) is 12.1 Å². The fourth-order valence-corrected chi connectivity index (χ4v) is 4.48. The number of benzene rings is 3. The van der Waals surface area contributed by atoms with E-state index in [0.717, 1.165) is 34.2 Å². The van der Waals surface area contributed by atoms with Crippen LogP contribution in [0, 0.1) is 12.3 Å². The third kappa shape index (κ3) is 2.51. The molecule has 140 valence electrons. The number of ether oxygens (including phenoxy) is 1. The van der Waals surface area contributed by atoms with Gasteiger partial charge in [-0.25, -0.2) is 0 Å². The summed E-state index contributed by atoms with van der Waals surface area (Å²) in [4.78, 5) is 0. The van der Waals surface area contributed by atoms with Crippen LogP contribution in [0.25, 0.3) is 32.9 Å². The van der Waals surface area contributed by atoms with Gasteiger partial charge in [0.2, 0.25) is 5.52 Å². The van der Waals surface area contributed by atoms with E-state index >= 15 is 0 Å². The van der Waals surface area contributed by atoms with Crippen molar-refractivity contribution in [2.75, 3.05) is 0 Å². The fourth-order valence-electron chi connectivity index (χ4n) is 4.48. The van der Waals surface area contributed by atoms with Crippen LogP contribution in [0.3, 0.4) is 0 Å². The molecule has 4 aromatic rings. The number of pyridine rings is 1. The molecule has 0 saturated carbocycles. The molecule has 0 saturated heterocycles. The van der Waals surface area contributed by atoms with Crippen molar-refractivity contribution in [1.82, 2.24) is 0 Å². The molecule has 1 aromatic heterocycles. The van der Waals surface area contributed by atoms with Crippen LogP contribution in [0.5, 0.6) is 11.5 Å². The standard InChI is InChI=1S/C26H26NO/c1-16-12-13-17-8-7-11-21-24(17)23(16)25-22(28-21)14-19-18(15-26(2,3)4)9-6-10-20(19)27(25)5/h6-14H,15H2,1-5H3/q+1/i14D. The van der Waals surface area contributed by atoms with Crippen LogP contribution in [0.15, 0.2) is 54.6 Å². The van der Waals surface area contributed by atoms with Gasteiger partial charge in [-0.3, -0.25) is 0 Å². The second-order valence-electron chi connectivity index (χ2n) is 9.12. The lowest BCUT2D eigenvalue weighted by Crippen LogP contribution is -2.34. The topological polar surface area (TPSA) is 13.1 Å². The van der Waals surface area contributed by atoms with Gasteiger partial charge in [-0.05, 0) is 41.3 Å². The minimum atomic E-state index is 0.144. The molecule has 2 heteroatoms. The normalized spacial score (nSPS) is 13.4. The summed E-state index contributed by atoms with van der Waals surface area (Å²) >= 11 is 0. The van der Waals surface area contributed by atoms with Gasteiger partial charge in [-0.2, -0.15) is 4.57 Å². The summed E-state index contributed by atoms with van der Waals surface area (Å²) in [7, 11) is 2.09. The molecule has 1 aliphatic heterocycles. The third-order valence-corrected chi connectivity index (χ3v) is 5.66. The molecule has 0 aliphatic carbocycles. The molecule has 0 amide bonds. The fraction of sp³-hybridized carbons (Fsp3) is 0.269. The van der Waals surface area contributed by atoms with Crippen molar-refractivity contribution in [2.45, 2.75) is 34.1 Å². The number of fused-ring (bicyclic) bond motifs is 3. The van der Waals surface area contributed by atoms with E-state index in [0.29, 0.717) is 11.8 Å². The first-order valence-electron chi connectivity index (χ1n) is 10.4. The Hall–Kier alpha value is -2.87. The van der Waals surface area contributed by atoms with Crippen molar-refractivity contribution in [2.24, 2.45) is 12.5 Å². The van der Waals surface area contributed by atoms with Crippen LogP contribution in [-0.4, -0.2) is 0 Å². The van der Waals surface area contributed by atoms with E-state index < -0.39 is 0 Å². The predicted octanol–water partition coefficient (Wildman–Crippen LogP) is 6.49. The van der Waals surface area contributed by atoms with Gasteiger partial charge in [0.25, 0.3) is 5.69 Å². The van der Waals surface area contributed by atoms with Gasteiger partial charge in [0, 0.05) is 17.5 Å². The summed E-state index contributed by atoms with van der Waals surface area (Å²) in [6.45, 7) is 8.87. The summed E-state index contributed by atoms with van der Waals surface area (Å²) in [6.07, 6.45) is 0.917.